The molecule has 0 aliphatic carbocycles. The molecular formula is C9H12N6. The van der Waals surface area contributed by atoms with E-state index in [4.69, 9.17) is 11.5 Å². The van der Waals surface area contributed by atoms with Gasteiger partial charge in [0.25, 0.3) is 0 Å². The van der Waals surface area contributed by atoms with Crippen LogP contribution in [0.5, 0.6) is 0 Å². The molecule has 15 heavy (non-hydrogen) atoms. The van der Waals surface area contributed by atoms with E-state index < -0.39 is 5.66 Å². The summed E-state index contributed by atoms with van der Waals surface area (Å²) in [7, 11) is 0. The lowest BCUT2D eigenvalue weighted by atomic mass is 9.99. The van der Waals surface area contributed by atoms with Gasteiger partial charge in [-0.05, 0) is 0 Å². The lowest BCUT2D eigenvalue weighted by Crippen LogP contribution is -2.49. The largest absolute Gasteiger partial charge is 0.327 e. The molecule has 2 heterocycles. The van der Waals surface area contributed by atoms with Crippen LogP contribution in [0.25, 0.3) is 0 Å². The Kier molecular flexibility index (Phi) is 2.53. The molecule has 1 unspecified atom stereocenters. The standard InChI is InChI=1S/C9H12N6/c10-4-2-1-3-9(11)7-8(13-5-12-7)14-6-15-9/h1-2,5-6H,3-4,10-11H2/b2-1-. The summed E-state index contributed by atoms with van der Waals surface area (Å²) in [4.78, 5) is 16.2. The minimum absolute atomic E-state index is 0.490. The van der Waals surface area contributed by atoms with E-state index in [9.17, 15) is 0 Å². The first-order valence-electron chi connectivity index (χ1n) is 4.63. The third-order valence-corrected chi connectivity index (χ3v) is 2.19. The molecular weight excluding hydrogens is 192 g/mol. The Balaban J connectivity index is 2.19. The summed E-state index contributed by atoms with van der Waals surface area (Å²) in [6.45, 7) is 0.490. The highest BCUT2D eigenvalue weighted by Gasteiger charge is 2.36. The highest BCUT2D eigenvalue weighted by Crippen LogP contribution is 2.18. The first-order valence-corrected chi connectivity index (χ1v) is 4.63. The highest BCUT2D eigenvalue weighted by molar-refractivity contribution is 6.50. The number of hydrogen-bond acceptors (Lipinski definition) is 6. The third-order valence-electron chi connectivity index (χ3n) is 2.19. The van der Waals surface area contributed by atoms with Crippen LogP contribution in [0, 0.1) is 0 Å². The van der Waals surface area contributed by atoms with E-state index in [1.165, 1.54) is 12.7 Å². The van der Waals surface area contributed by atoms with Gasteiger partial charge in [0, 0.05) is 13.0 Å². The summed E-state index contributed by atoms with van der Waals surface area (Å²) >= 11 is 0. The Hall–Kier alpha value is -1.66. The van der Waals surface area contributed by atoms with Gasteiger partial charge in [-0.15, -0.1) is 0 Å². The SMILES string of the molecule is NC/C=C\CC1(N)N=CN=C2N=CN=C21. The summed E-state index contributed by atoms with van der Waals surface area (Å²) in [5.74, 6) is 0.550. The Morgan fingerprint density at radius 3 is 2.93 bits per heavy atom. The molecule has 0 aromatic heterocycles. The summed E-state index contributed by atoms with van der Waals surface area (Å²) in [5, 5.41) is 0. The van der Waals surface area contributed by atoms with Crippen LogP contribution in [0.4, 0.5) is 0 Å². The molecule has 0 fully saturated rings. The molecule has 1 atom stereocenters. The number of aliphatic imine (C=N–C) groups is 4. The molecule has 0 radical (unpaired) electrons. The molecule has 0 saturated heterocycles. The maximum Gasteiger partial charge on any atom is 0.180 e. The van der Waals surface area contributed by atoms with E-state index in [0.29, 0.717) is 24.5 Å². The van der Waals surface area contributed by atoms with Gasteiger partial charge in [0.1, 0.15) is 18.4 Å². The quantitative estimate of drug-likeness (QED) is 0.603. The summed E-state index contributed by atoms with van der Waals surface area (Å²) in [6.07, 6.45) is 7.14. The minimum Gasteiger partial charge on any atom is -0.327 e. The van der Waals surface area contributed by atoms with Crippen LogP contribution >= 0.6 is 0 Å². The minimum atomic E-state index is -0.848. The Labute approximate surface area is 87.2 Å². The second kappa shape index (κ2) is 3.84. The Morgan fingerprint density at radius 1 is 1.27 bits per heavy atom. The number of rotatable bonds is 3. The molecule has 2 aliphatic heterocycles. The van der Waals surface area contributed by atoms with Gasteiger partial charge >= 0.3 is 0 Å². The molecule has 0 aromatic rings. The van der Waals surface area contributed by atoms with Gasteiger partial charge in [-0.3, -0.25) is 0 Å². The topological polar surface area (TPSA) is 101 Å². The maximum absolute atomic E-state index is 6.10. The average molecular weight is 204 g/mol. The van der Waals surface area contributed by atoms with E-state index in [-0.39, 0.29) is 0 Å². The molecule has 0 spiro atoms. The Bertz CT molecular complexity index is 403. The molecule has 0 bridgehead atoms. The van der Waals surface area contributed by atoms with Crippen molar-refractivity contribution in [3.05, 3.63) is 12.2 Å². The zero-order valence-electron chi connectivity index (χ0n) is 8.17. The van der Waals surface area contributed by atoms with Crippen LogP contribution in [-0.4, -0.2) is 36.4 Å². The van der Waals surface area contributed by atoms with Crippen LogP contribution in [0.3, 0.4) is 0 Å². The molecule has 6 nitrogen and oxygen atoms in total. The van der Waals surface area contributed by atoms with Crippen molar-refractivity contribution in [2.24, 2.45) is 31.4 Å². The molecule has 6 heteroatoms. The maximum atomic E-state index is 6.10. The van der Waals surface area contributed by atoms with Crippen molar-refractivity contribution in [3.63, 3.8) is 0 Å². The number of hydrogen-bond donors (Lipinski definition) is 2. The van der Waals surface area contributed by atoms with Crippen LogP contribution < -0.4 is 11.5 Å². The van der Waals surface area contributed by atoms with E-state index >= 15 is 0 Å². The normalized spacial score (nSPS) is 28.1. The van der Waals surface area contributed by atoms with Gasteiger partial charge < -0.3 is 11.5 Å². The summed E-state index contributed by atoms with van der Waals surface area (Å²) < 4.78 is 0. The molecule has 0 saturated carbocycles. The lowest BCUT2D eigenvalue weighted by Gasteiger charge is -2.25. The molecule has 2 rings (SSSR count). The fraction of sp³-hybridized carbons (Fsp3) is 0.333. The van der Waals surface area contributed by atoms with Crippen molar-refractivity contribution >= 4 is 24.2 Å². The first-order chi connectivity index (χ1) is 7.26. The number of amidine groups is 1. The van der Waals surface area contributed by atoms with Crippen LogP contribution in [-0.2, 0) is 0 Å². The van der Waals surface area contributed by atoms with E-state index in [1.54, 1.807) is 0 Å². The number of nitrogens with zero attached hydrogens (tertiary/aromatic N) is 4. The zero-order valence-corrected chi connectivity index (χ0v) is 8.17. The Morgan fingerprint density at radius 2 is 2.13 bits per heavy atom. The van der Waals surface area contributed by atoms with Crippen molar-refractivity contribution in [1.82, 2.24) is 0 Å². The lowest BCUT2D eigenvalue weighted by molar-refractivity contribution is 0.610. The van der Waals surface area contributed by atoms with Crippen molar-refractivity contribution in [1.29, 1.82) is 0 Å². The van der Waals surface area contributed by atoms with Crippen LogP contribution in [0.2, 0.25) is 0 Å². The first kappa shape index (κ1) is 9.88. The average Bonchev–Trinajstić information content (AvgIpc) is 2.68. The van der Waals surface area contributed by atoms with Crippen LogP contribution in [0.15, 0.2) is 32.1 Å². The van der Waals surface area contributed by atoms with Gasteiger partial charge in [0.2, 0.25) is 0 Å². The van der Waals surface area contributed by atoms with Gasteiger partial charge in [0.15, 0.2) is 11.5 Å². The second-order valence-corrected chi connectivity index (χ2v) is 3.26. The molecule has 0 aromatic carbocycles. The van der Waals surface area contributed by atoms with Crippen molar-refractivity contribution in [2.45, 2.75) is 12.1 Å². The predicted octanol–water partition coefficient (Wildman–Crippen LogP) is -0.530. The molecule has 0 amide bonds. The highest BCUT2D eigenvalue weighted by atomic mass is 15.2. The van der Waals surface area contributed by atoms with Crippen molar-refractivity contribution in [3.8, 4) is 0 Å². The molecule has 2 aliphatic rings. The van der Waals surface area contributed by atoms with Gasteiger partial charge in [-0.2, -0.15) is 0 Å². The number of nitrogens with two attached hydrogens (primary N) is 2. The summed E-state index contributed by atoms with van der Waals surface area (Å²) in [5.41, 5.74) is 11.2. The predicted molar refractivity (Wildman–Crippen MR) is 61.6 cm³/mol. The fourth-order valence-electron chi connectivity index (χ4n) is 1.42. The smallest absolute Gasteiger partial charge is 0.180 e. The van der Waals surface area contributed by atoms with E-state index in [0.717, 1.165) is 0 Å². The van der Waals surface area contributed by atoms with Crippen molar-refractivity contribution < 1.29 is 0 Å². The zero-order chi connectivity index (χ0) is 10.7. The van der Waals surface area contributed by atoms with E-state index in [2.05, 4.69) is 20.0 Å². The van der Waals surface area contributed by atoms with E-state index in [1.807, 2.05) is 12.2 Å². The monoisotopic (exact) mass is 204 g/mol. The fourth-order valence-corrected chi connectivity index (χ4v) is 1.42. The number of fused-ring (bicyclic) bond motifs is 1. The van der Waals surface area contributed by atoms with Crippen LogP contribution in [0.1, 0.15) is 6.42 Å². The van der Waals surface area contributed by atoms with Crippen molar-refractivity contribution in [2.75, 3.05) is 6.54 Å². The third kappa shape index (κ3) is 1.77. The molecule has 4 N–H and O–H groups in total. The van der Waals surface area contributed by atoms with Gasteiger partial charge in [-0.1, -0.05) is 12.2 Å². The second-order valence-electron chi connectivity index (χ2n) is 3.26. The van der Waals surface area contributed by atoms with Gasteiger partial charge in [-0.25, -0.2) is 20.0 Å². The van der Waals surface area contributed by atoms with Gasteiger partial charge in [0.05, 0.1) is 0 Å². The summed E-state index contributed by atoms with van der Waals surface area (Å²) in [6, 6.07) is 0. The molecule has 78 valence electrons.